The van der Waals surface area contributed by atoms with Crippen molar-refractivity contribution in [1.82, 2.24) is 14.5 Å². The monoisotopic (exact) mass is 432 g/mol. The Morgan fingerprint density at radius 2 is 1.71 bits per heavy atom. The number of amides is 1. The topological polar surface area (TPSA) is 50.6 Å². The van der Waals surface area contributed by atoms with E-state index in [0.717, 1.165) is 16.0 Å². The number of carbonyl (C=O) groups excluding carboxylic acids is 1. The number of para-hydroxylation sites is 4. The summed E-state index contributed by atoms with van der Waals surface area (Å²) in [6.07, 6.45) is -4.64. The van der Waals surface area contributed by atoms with Crippen LogP contribution in [0.2, 0.25) is 0 Å². The lowest BCUT2D eigenvalue weighted by atomic mass is 10.2. The number of anilines is 1. The molecule has 31 heavy (non-hydrogen) atoms. The van der Waals surface area contributed by atoms with Gasteiger partial charge in [-0.3, -0.25) is 4.79 Å². The highest BCUT2D eigenvalue weighted by Gasteiger charge is 2.38. The summed E-state index contributed by atoms with van der Waals surface area (Å²) >= 11 is 0. The summed E-state index contributed by atoms with van der Waals surface area (Å²) < 4.78 is 47.1. The van der Waals surface area contributed by atoms with Crippen molar-refractivity contribution in [2.45, 2.75) is 19.6 Å². The molecule has 1 saturated heterocycles. The van der Waals surface area contributed by atoms with Crippen LogP contribution in [0.25, 0.3) is 11.0 Å². The van der Waals surface area contributed by atoms with Gasteiger partial charge in [0.1, 0.15) is 12.3 Å². The van der Waals surface area contributed by atoms with E-state index >= 15 is 0 Å². The molecule has 1 amide bonds. The number of halogens is 3. The van der Waals surface area contributed by atoms with Crippen molar-refractivity contribution in [3.63, 3.8) is 0 Å². The molecule has 3 aromatic rings. The SMILES string of the molecule is CCOc1ccccc1N1CCN(C(=O)Cn2c(C(F)(F)F)nc3ccccc32)CC1. The van der Waals surface area contributed by atoms with Crippen LogP contribution in [0.1, 0.15) is 12.7 Å². The molecule has 1 aromatic heterocycles. The average Bonchev–Trinajstić information content (AvgIpc) is 3.14. The molecule has 164 valence electrons. The number of nitrogens with zero attached hydrogens (tertiary/aromatic N) is 4. The van der Waals surface area contributed by atoms with E-state index in [9.17, 15) is 18.0 Å². The highest BCUT2D eigenvalue weighted by molar-refractivity contribution is 5.81. The predicted molar refractivity (Wildman–Crippen MR) is 111 cm³/mol. The molecule has 0 saturated carbocycles. The van der Waals surface area contributed by atoms with Gasteiger partial charge in [-0.05, 0) is 31.2 Å². The number of hydrogen-bond acceptors (Lipinski definition) is 4. The van der Waals surface area contributed by atoms with Gasteiger partial charge in [0.25, 0.3) is 0 Å². The van der Waals surface area contributed by atoms with Gasteiger partial charge in [0.15, 0.2) is 0 Å². The Labute approximate surface area is 177 Å². The molecule has 9 heteroatoms. The van der Waals surface area contributed by atoms with Crippen LogP contribution in [-0.4, -0.2) is 53.1 Å². The average molecular weight is 432 g/mol. The van der Waals surface area contributed by atoms with Gasteiger partial charge in [0.2, 0.25) is 11.7 Å². The zero-order chi connectivity index (χ0) is 22.0. The second kappa shape index (κ2) is 8.49. The summed E-state index contributed by atoms with van der Waals surface area (Å²) in [6, 6.07) is 14.0. The third-order valence-corrected chi connectivity index (χ3v) is 5.34. The number of piperazine rings is 1. The van der Waals surface area contributed by atoms with Gasteiger partial charge in [0.05, 0.1) is 23.3 Å². The first-order valence-electron chi connectivity index (χ1n) is 10.2. The Hall–Kier alpha value is -3.23. The molecule has 1 aliphatic heterocycles. The van der Waals surface area contributed by atoms with Crippen molar-refractivity contribution in [2.24, 2.45) is 0 Å². The number of aromatic nitrogens is 2. The van der Waals surface area contributed by atoms with Crippen LogP contribution in [0.3, 0.4) is 0 Å². The van der Waals surface area contributed by atoms with Gasteiger partial charge in [-0.2, -0.15) is 13.2 Å². The van der Waals surface area contributed by atoms with Crippen LogP contribution in [0.15, 0.2) is 48.5 Å². The minimum atomic E-state index is -4.64. The van der Waals surface area contributed by atoms with Crippen molar-refractivity contribution >= 4 is 22.6 Å². The molecule has 0 aliphatic carbocycles. The number of ether oxygens (including phenoxy) is 1. The van der Waals surface area contributed by atoms with Gasteiger partial charge >= 0.3 is 6.18 Å². The maximum absolute atomic E-state index is 13.5. The number of benzene rings is 2. The summed E-state index contributed by atoms with van der Waals surface area (Å²) in [4.78, 5) is 20.3. The van der Waals surface area contributed by atoms with E-state index in [1.165, 1.54) is 6.07 Å². The van der Waals surface area contributed by atoms with E-state index < -0.39 is 18.5 Å². The van der Waals surface area contributed by atoms with Gasteiger partial charge in [-0.1, -0.05) is 24.3 Å². The molecule has 0 N–H and O–H groups in total. The minimum Gasteiger partial charge on any atom is -0.492 e. The molecule has 0 radical (unpaired) electrons. The lowest BCUT2D eigenvalue weighted by Gasteiger charge is -2.36. The molecular formula is C22H23F3N4O2. The summed E-state index contributed by atoms with van der Waals surface area (Å²) in [5.41, 5.74) is 1.48. The van der Waals surface area contributed by atoms with Crippen molar-refractivity contribution in [3.05, 3.63) is 54.4 Å². The molecular weight excluding hydrogens is 409 g/mol. The van der Waals surface area contributed by atoms with E-state index in [2.05, 4.69) is 9.88 Å². The van der Waals surface area contributed by atoms with Crippen molar-refractivity contribution in [1.29, 1.82) is 0 Å². The van der Waals surface area contributed by atoms with Gasteiger partial charge in [-0.15, -0.1) is 0 Å². The number of rotatable bonds is 5. The Kier molecular flexibility index (Phi) is 5.75. The fraction of sp³-hybridized carbons (Fsp3) is 0.364. The Balaban J connectivity index is 1.48. The minimum absolute atomic E-state index is 0.222. The molecule has 0 spiro atoms. The fourth-order valence-corrected chi connectivity index (χ4v) is 3.88. The Morgan fingerprint density at radius 3 is 2.42 bits per heavy atom. The highest BCUT2D eigenvalue weighted by atomic mass is 19.4. The van der Waals surface area contributed by atoms with Crippen LogP contribution in [0, 0.1) is 0 Å². The third kappa shape index (κ3) is 4.30. The number of carbonyl (C=O) groups is 1. The van der Waals surface area contributed by atoms with Crippen LogP contribution in [-0.2, 0) is 17.5 Å². The van der Waals surface area contributed by atoms with Crippen LogP contribution < -0.4 is 9.64 Å². The quantitative estimate of drug-likeness (QED) is 0.616. The normalized spacial score (nSPS) is 14.8. The van der Waals surface area contributed by atoms with Crippen molar-refractivity contribution in [3.8, 4) is 5.75 Å². The molecule has 1 aliphatic rings. The van der Waals surface area contributed by atoms with Crippen molar-refractivity contribution < 1.29 is 22.7 Å². The summed E-state index contributed by atoms with van der Waals surface area (Å²) in [6.45, 7) is 4.07. The van der Waals surface area contributed by atoms with E-state index in [-0.39, 0.29) is 11.4 Å². The smallest absolute Gasteiger partial charge is 0.449 e. The molecule has 1 fully saturated rings. The zero-order valence-corrected chi connectivity index (χ0v) is 17.1. The largest absolute Gasteiger partial charge is 0.492 e. The standard InChI is InChI=1S/C22H23F3N4O2/c1-2-31-19-10-6-5-9-18(19)27-11-13-28(14-12-27)20(30)15-29-17-8-4-3-7-16(17)26-21(29)22(23,24)25/h3-10H,2,11-15H2,1H3. The summed E-state index contributed by atoms with van der Waals surface area (Å²) in [7, 11) is 0. The third-order valence-electron chi connectivity index (χ3n) is 5.34. The lowest BCUT2D eigenvalue weighted by Crippen LogP contribution is -2.49. The second-order valence-electron chi connectivity index (χ2n) is 7.28. The number of hydrogen-bond donors (Lipinski definition) is 0. The van der Waals surface area contributed by atoms with Crippen LogP contribution >= 0.6 is 0 Å². The Bertz CT molecular complexity index is 1070. The van der Waals surface area contributed by atoms with E-state index in [0.29, 0.717) is 38.3 Å². The first kappa shape index (κ1) is 21.0. The van der Waals surface area contributed by atoms with Crippen LogP contribution in [0.4, 0.5) is 18.9 Å². The first-order valence-corrected chi connectivity index (χ1v) is 10.2. The zero-order valence-electron chi connectivity index (χ0n) is 17.1. The molecule has 0 atom stereocenters. The van der Waals surface area contributed by atoms with Crippen LogP contribution in [0.5, 0.6) is 5.75 Å². The molecule has 2 heterocycles. The van der Waals surface area contributed by atoms with E-state index in [1.807, 2.05) is 31.2 Å². The lowest BCUT2D eigenvalue weighted by molar-refractivity contribution is -0.148. The predicted octanol–water partition coefficient (Wildman–Crippen LogP) is 3.80. The van der Waals surface area contributed by atoms with E-state index in [1.54, 1.807) is 23.1 Å². The molecule has 0 unspecified atom stereocenters. The molecule has 0 bridgehead atoms. The maximum atomic E-state index is 13.5. The van der Waals surface area contributed by atoms with Gasteiger partial charge in [0, 0.05) is 26.2 Å². The fourth-order valence-electron chi connectivity index (χ4n) is 3.88. The van der Waals surface area contributed by atoms with Gasteiger partial charge in [-0.25, -0.2) is 4.98 Å². The maximum Gasteiger partial charge on any atom is 0.449 e. The highest BCUT2D eigenvalue weighted by Crippen LogP contribution is 2.32. The summed E-state index contributed by atoms with van der Waals surface area (Å²) in [5, 5.41) is 0. The Morgan fingerprint density at radius 1 is 1.03 bits per heavy atom. The van der Waals surface area contributed by atoms with E-state index in [4.69, 9.17) is 4.74 Å². The number of imidazole rings is 1. The molecule has 4 rings (SSSR count). The van der Waals surface area contributed by atoms with Gasteiger partial charge < -0.3 is 19.1 Å². The first-order chi connectivity index (χ1) is 14.9. The molecule has 2 aromatic carbocycles. The number of alkyl halides is 3. The molecule has 6 nitrogen and oxygen atoms in total. The summed E-state index contributed by atoms with van der Waals surface area (Å²) in [5.74, 6) is -0.623. The second-order valence-corrected chi connectivity index (χ2v) is 7.28. The number of fused-ring (bicyclic) bond motifs is 1. The van der Waals surface area contributed by atoms with Crippen molar-refractivity contribution in [2.75, 3.05) is 37.7 Å².